The van der Waals surface area contributed by atoms with E-state index in [1.165, 1.54) is 12.1 Å². The maximum Gasteiger partial charge on any atom is 0.219 e. The molecule has 0 aliphatic heterocycles. The zero-order valence-electron chi connectivity index (χ0n) is 9.35. The Morgan fingerprint density at radius 3 is 2.82 bits per heavy atom. The predicted molar refractivity (Wildman–Crippen MR) is 61.4 cm³/mol. The summed E-state index contributed by atoms with van der Waals surface area (Å²) in [5, 5.41) is 8.94. The van der Waals surface area contributed by atoms with Gasteiger partial charge in [-0.1, -0.05) is 6.07 Å². The standard InChI is InChI=1S/C13H12FNO2/c1-9-7-11(5-6-12(9)14)17-13-4-2-3-10(8-16)15-13/h2-7,16H,8H2,1H3. The Balaban J connectivity index is 2.22. The van der Waals surface area contributed by atoms with E-state index in [4.69, 9.17) is 9.84 Å². The smallest absolute Gasteiger partial charge is 0.219 e. The summed E-state index contributed by atoms with van der Waals surface area (Å²) in [6, 6.07) is 9.60. The highest BCUT2D eigenvalue weighted by atomic mass is 19.1. The number of aliphatic hydroxyl groups excluding tert-OH is 1. The summed E-state index contributed by atoms with van der Waals surface area (Å²) in [5.74, 6) is 0.628. The predicted octanol–water partition coefficient (Wildman–Crippen LogP) is 2.81. The molecule has 1 aromatic heterocycles. The van der Waals surface area contributed by atoms with E-state index < -0.39 is 0 Å². The lowest BCUT2D eigenvalue weighted by Crippen LogP contribution is -1.93. The Kier molecular flexibility index (Phi) is 3.35. The van der Waals surface area contributed by atoms with Crippen LogP contribution in [0.5, 0.6) is 11.6 Å². The molecule has 0 fully saturated rings. The number of ether oxygens (including phenoxy) is 1. The highest BCUT2D eigenvalue weighted by Crippen LogP contribution is 2.21. The summed E-state index contributed by atoms with van der Waals surface area (Å²) in [5.41, 5.74) is 1.04. The van der Waals surface area contributed by atoms with E-state index in [2.05, 4.69) is 4.98 Å². The minimum Gasteiger partial charge on any atom is -0.439 e. The van der Waals surface area contributed by atoms with E-state index in [1.54, 1.807) is 31.2 Å². The third-order valence-corrected chi connectivity index (χ3v) is 2.30. The van der Waals surface area contributed by atoms with Crippen LogP contribution in [-0.4, -0.2) is 10.1 Å². The Hall–Kier alpha value is -1.94. The molecule has 0 amide bonds. The van der Waals surface area contributed by atoms with Gasteiger partial charge in [0.1, 0.15) is 11.6 Å². The van der Waals surface area contributed by atoms with Gasteiger partial charge in [-0.2, -0.15) is 0 Å². The summed E-state index contributed by atoms with van der Waals surface area (Å²) < 4.78 is 18.5. The lowest BCUT2D eigenvalue weighted by atomic mass is 10.2. The Morgan fingerprint density at radius 1 is 1.29 bits per heavy atom. The van der Waals surface area contributed by atoms with Crippen molar-refractivity contribution in [2.75, 3.05) is 0 Å². The number of aliphatic hydroxyl groups is 1. The number of halogens is 1. The van der Waals surface area contributed by atoms with Gasteiger partial charge >= 0.3 is 0 Å². The third kappa shape index (κ3) is 2.79. The van der Waals surface area contributed by atoms with Crippen LogP contribution in [0.2, 0.25) is 0 Å². The first-order valence-corrected chi connectivity index (χ1v) is 5.20. The fourth-order valence-electron chi connectivity index (χ4n) is 1.40. The minimum absolute atomic E-state index is 0.139. The SMILES string of the molecule is Cc1cc(Oc2cccc(CO)n2)ccc1F. The average Bonchev–Trinajstić information content (AvgIpc) is 2.34. The van der Waals surface area contributed by atoms with Crippen LogP contribution < -0.4 is 4.74 Å². The molecule has 0 unspecified atom stereocenters. The minimum atomic E-state index is -0.269. The number of aryl methyl sites for hydroxylation is 1. The van der Waals surface area contributed by atoms with Crippen molar-refractivity contribution in [3.8, 4) is 11.6 Å². The van der Waals surface area contributed by atoms with Gasteiger partial charge < -0.3 is 9.84 Å². The molecule has 0 spiro atoms. The lowest BCUT2D eigenvalue weighted by molar-refractivity contribution is 0.275. The van der Waals surface area contributed by atoms with Crippen molar-refractivity contribution in [3.63, 3.8) is 0 Å². The van der Waals surface area contributed by atoms with Crippen molar-refractivity contribution in [2.24, 2.45) is 0 Å². The quantitative estimate of drug-likeness (QED) is 0.886. The summed E-state index contributed by atoms with van der Waals surface area (Å²) >= 11 is 0. The van der Waals surface area contributed by atoms with Gasteiger partial charge in [0.25, 0.3) is 0 Å². The van der Waals surface area contributed by atoms with E-state index in [0.29, 0.717) is 22.9 Å². The van der Waals surface area contributed by atoms with Crippen LogP contribution in [0, 0.1) is 12.7 Å². The first kappa shape index (κ1) is 11.5. The van der Waals surface area contributed by atoms with Crippen molar-refractivity contribution >= 4 is 0 Å². The monoisotopic (exact) mass is 233 g/mol. The molecule has 0 radical (unpaired) electrons. The first-order valence-electron chi connectivity index (χ1n) is 5.20. The maximum atomic E-state index is 13.1. The molecule has 0 atom stereocenters. The van der Waals surface area contributed by atoms with Crippen LogP contribution in [-0.2, 0) is 6.61 Å². The van der Waals surface area contributed by atoms with Crippen molar-refractivity contribution < 1.29 is 14.2 Å². The van der Waals surface area contributed by atoms with Gasteiger partial charge in [0.15, 0.2) is 0 Å². The molecule has 88 valence electrons. The molecule has 1 aromatic carbocycles. The second-order valence-corrected chi connectivity index (χ2v) is 3.64. The van der Waals surface area contributed by atoms with Crippen molar-refractivity contribution in [2.45, 2.75) is 13.5 Å². The van der Waals surface area contributed by atoms with Gasteiger partial charge in [-0.15, -0.1) is 0 Å². The molecule has 0 saturated carbocycles. The molecular formula is C13H12FNO2. The molecular weight excluding hydrogens is 221 g/mol. The molecule has 17 heavy (non-hydrogen) atoms. The number of pyridine rings is 1. The molecule has 2 rings (SSSR count). The van der Waals surface area contributed by atoms with Crippen LogP contribution in [0.3, 0.4) is 0 Å². The Morgan fingerprint density at radius 2 is 2.12 bits per heavy atom. The largest absolute Gasteiger partial charge is 0.439 e. The second-order valence-electron chi connectivity index (χ2n) is 3.64. The van der Waals surface area contributed by atoms with Gasteiger partial charge in [0, 0.05) is 6.07 Å². The molecule has 1 N–H and O–H groups in total. The Labute approximate surface area is 98.5 Å². The molecule has 3 nitrogen and oxygen atoms in total. The molecule has 4 heteroatoms. The topological polar surface area (TPSA) is 42.4 Å². The van der Waals surface area contributed by atoms with E-state index >= 15 is 0 Å². The zero-order chi connectivity index (χ0) is 12.3. The van der Waals surface area contributed by atoms with Crippen LogP contribution in [0.1, 0.15) is 11.3 Å². The molecule has 0 saturated heterocycles. The van der Waals surface area contributed by atoms with Crippen molar-refractivity contribution in [3.05, 3.63) is 53.5 Å². The van der Waals surface area contributed by atoms with E-state index in [0.717, 1.165) is 0 Å². The van der Waals surface area contributed by atoms with Crippen LogP contribution >= 0.6 is 0 Å². The van der Waals surface area contributed by atoms with Gasteiger partial charge in [-0.25, -0.2) is 9.37 Å². The van der Waals surface area contributed by atoms with Gasteiger partial charge in [0.2, 0.25) is 5.88 Å². The molecule has 0 aliphatic carbocycles. The summed E-state index contributed by atoms with van der Waals surface area (Å²) in [4.78, 5) is 4.07. The van der Waals surface area contributed by atoms with Crippen molar-refractivity contribution in [1.82, 2.24) is 4.98 Å². The molecule has 0 bridgehead atoms. The van der Waals surface area contributed by atoms with E-state index in [-0.39, 0.29) is 12.4 Å². The number of rotatable bonds is 3. The molecule has 1 heterocycles. The van der Waals surface area contributed by atoms with Crippen LogP contribution in [0.15, 0.2) is 36.4 Å². The normalized spacial score (nSPS) is 10.3. The second kappa shape index (κ2) is 4.93. The molecule has 0 aliphatic rings. The van der Waals surface area contributed by atoms with Gasteiger partial charge in [-0.05, 0) is 36.8 Å². The van der Waals surface area contributed by atoms with Gasteiger partial charge in [-0.3, -0.25) is 0 Å². The zero-order valence-corrected chi connectivity index (χ0v) is 9.35. The van der Waals surface area contributed by atoms with Crippen molar-refractivity contribution in [1.29, 1.82) is 0 Å². The molecule has 2 aromatic rings. The van der Waals surface area contributed by atoms with E-state index in [9.17, 15) is 4.39 Å². The average molecular weight is 233 g/mol. The first-order chi connectivity index (χ1) is 8.19. The number of aromatic nitrogens is 1. The summed E-state index contributed by atoms with van der Waals surface area (Å²) in [6.45, 7) is 1.53. The summed E-state index contributed by atoms with van der Waals surface area (Å²) in [7, 11) is 0. The fraction of sp³-hybridized carbons (Fsp3) is 0.154. The number of benzene rings is 1. The van der Waals surface area contributed by atoms with E-state index in [1.807, 2.05) is 0 Å². The fourth-order valence-corrected chi connectivity index (χ4v) is 1.40. The highest BCUT2D eigenvalue weighted by Gasteiger charge is 2.03. The highest BCUT2D eigenvalue weighted by molar-refractivity contribution is 5.32. The Bertz CT molecular complexity index is 529. The van der Waals surface area contributed by atoms with Crippen LogP contribution in [0.25, 0.3) is 0 Å². The maximum absolute atomic E-state index is 13.1. The summed E-state index contributed by atoms with van der Waals surface area (Å²) in [6.07, 6.45) is 0. The number of nitrogens with zero attached hydrogens (tertiary/aromatic N) is 1. The number of hydrogen-bond acceptors (Lipinski definition) is 3. The number of hydrogen-bond donors (Lipinski definition) is 1. The van der Waals surface area contributed by atoms with Gasteiger partial charge in [0.05, 0.1) is 12.3 Å². The third-order valence-electron chi connectivity index (χ3n) is 2.30. The lowest BCUT2D eigenvalue weighted by Gasteiger charge is -2.06. The van der Waals surface area contributed by atoms with Crippen LogP contribution in [0.4, 0.5) is 4.39 Å².